The first-order valence-corrected chi connectivity index (χ1v) is 41.0. The molecule has 0 aliphatic carbocycles. The van der Waals surface area contributed by atoms with Gasteiger partial charge in [-0.25, -0.2) is 0 Å². The minimum atomic E-state index is -0.671. The predicted octanol–water partition coefficient (Wildman–Crippen LogP) is 12.4. The Balaban J connectivity index is 0.000000141. The van der Waals surface area contributed by atoms with E-state index >= 15 is 0 Å². The zero-order chi connectivity index (χ0) is 91.8. The number of piperazine rings is 3. The van der Waals surface area contributed by atoms with Crippen LogP contribution in [-0.2, 0) is 20.7 Å². The van der Waals surface area contributed by atoms with Crippen LogP contribution in [0.3, 0.4) is 0 Å². The molecule has 13 heterocycles. The summed E-state index contributed by atoms with van der Waals surface area (Å²) in [7, 11) is 1.62. The lowest BCUT2D eigenvalue weighted by Gasteiger charge is -2.35. The summed E-state index contributed by atoms with van der Waals surface area (Å²) < 4.78 is 50.8. The number of fused-ring (bicyclic) bond motifs is 1. The monoisotopic (exact) mass is 1800 g/mol. The number of rotatable bonds is 18. The Morgan fingerprint density at radius 1 is 0.434 bits per heavy atom. The normalized spacial score (nSPS) is 15.9. The summed E-state index contributed by atoms with van der Waals surface area (Å²) >= 11 is 5.93. The number of nitrogens with zero attached hydrogens (tertiary/aromatic N) is 13. The molecule has 129 heavy (non-hydrogen) atoms. The average Bonchev–Trinajstić information content (AvgIpc) is 1.65. The maximum Gasteiger partial charge on any atom is 0.433 e. The average molecular weight is 1800 g/mol. The Morgan fingerprint density at radius 3 is 1.27 bits per heavy atom. The molecule has 0 spiro atoms. The number of methoxy groups -OCH3 is 1. The molecule has 0 radical (unpaired) electrons. The molecule has 5 fully saturated rings. The summed E-state index contributed by atoms with van der Waals surface area (Å²) in [4.78, 5) is 153. The highest BCUT2D eigenvalue weighted by molar-refractivity contribution is 6.30. The first kappa shape index (κ1) is 92.9. The molecule has 7 aromatic heterocycles. The van der Waals surface area contributed by atoms with Crippen LogP contribution < -0.4 is 30.1 Å². The number of hydrogen-bond donors (Lipinski definition) is 2. The lowest BCUT2D eigenvalue weighted by atomic mass is 10.2. The Morgan fingerprint density at radius 2 is 0.845 bits per heavy atom. The highest BCUT2D eigenvalue weighted by Gasteiger charge is 2.34. The van der Waals surface area contributed by atoms with Crippen LogP contribution in [0.4, 0.5) is 52.0 Å². The number of anilines is 5. The predicted molar refractivity (Wildman–Crippen MR) is 463 cm³/mol. The van der Waals surface area contributed by atoms with Crippen molar-refractivity contribution >= 4 is 111 Å². The number of para-hydroxylation sites is 1. The quantitative estimate of drug-likeness (QED) is 0.0595. The fourth-order valence-electron chi connectivity index (χ4n) is 14.3. The van der Waals surface area contributed by atoms with E-state index in [2.05, 4.69) is 20.4 Å². The first-order chi connectivity index (χ1) is 62.1. The smallest absolute Gasteiger partial charge is 0.433 e. The largest absolute Gasteiger partial charge is 0.497 e. The lowest BCUT2D eigenvalue weighted by Crippen LogP contribution is -2.50. The molecule has 11 aromatic rings. The van der Waals surface area contributed by atoms with Gasteiger partial charge in [-0.05, 0) is 172 Å². The highest BCUT2D eigenvalue weighted by atomic mass is 35.5. The number of nitro groups is 4. The van der Waals surface area contributed by atoms with Gasteiger partial charge in [0.15, 0.2) is 40.3 Å². The number of morpholine rings is 2. The second kappa shape index (κ2) is 44.1. The van der Waals surface area contributed by atoms with E-state index in [9.17, 15) is 78.8 Å². The topological polar surface area (TPSA) is 482 Å². The van der Waals surface area contributed by atoms with Gasteiger partial charge in [-0.3, -0.25) is 83.7 Å². The van der Waals surface area contributed by atoms with Gasteiger partial charge in [0, 0.05) is 145 Å². The van der Waals surface area contributed by atoms with Crippen molar-refractivity contribution in [2.24, 2.45) is 0 Å². The first-order valence-electron chi connectivity index (χ1n) is 40.6. The molecule has 0 bridgehead atoms. The Labute approximate surface area is 740 Å². The molecule has 42 heteroatoms. The summed E-state index contributed by atoms with van der Waals surface area (Å²) in [5, 5.41) is 48.4. The van der Waals surface area contributed by atoms with E-state index < -0.39 is 43.2 Å². The number of amides is 8. The van der Waals surface area contributed by atoms with E-state index in [0.717, 1.165) is 59.1 Å². The molecular formula is C87H90ClN15O26. The van der Waals surface area contributed by atoms with Crippen LogP contribution in [0.1, 0.15) is 98.9 Å². The molecule has 2 atom stereocenters. The zero-order valence-corrected chi connectivity index (χ0v) is 71.0. The number of aryl methyl sites for hydroxylation is 1. The van der Waals surface area contributed by atoms with Crippen LogP contribution in [0, 0.1) is 47.4 Å². The van der Waals surface area contributed by atoms with Gasteiger partial charge in [0.2, 0.25) is 5.91 Å². The summed E-state index contributed by atoms with van der Waals surface area (Å²) in [5.74, 6) is -1.80. The minimum Gasteiger partial charge on any atom is -0.497 e. The van der Waals surface area contributed by atoms with Gasteiger partial charge in [0.05, 0.1) is 82.1 Å². The fourth-order valence-corrected chi connectivity index (χ4v) is 14.5. The van der Waals surface area contributed by atoms with Crippen molar-refractivity contribution < 1.29 is 103 Å². The third-order valence-corrected chi connectivity index (χ3v) is 21.1. The van der Waals surface area contributed by atoms with Crippen LogP contribution in [0.25, 0.3) is 0 Å². The van der Waals surface area contributed by atoms with Crippen LogP contribution in [0.2, 0.25) is 5.02 Å². The van der Waals surface area contributed by atoms with Gasteiger partial charge in [-0.15, -0.1) is 0 Å². The van der Waals surface area contributed by atoms with E-state index in [0.29, 0.717) is 140 Å². The molecule has 0 saturated carbocycles. The summed E-state index contributed by atoms with van der Waals surface area (Å²) in [6.07, 6.45) is 5.15. The van der Waals surface area contributed by atoms with Gasteiger partial charge in [-0.2, -0.15) is 0 Å². The number of nitrogens with one attached hydrogen (secondary N) is 2. The van der Waals surface area contributed by atoms with E-state index in [1.165, 1.54) is 67.3 Å². The highest BCUT2D eigenvalue weighted by Crippen LogP contribution is 2.32. The Hall–Kier alpha value is -15.2. The summed E-state index contributed by atoms with van der Waals surface area (Å²) in [6, 6.07) is 48.5. The number of ether oxygens (including phenoxy) is 3. The molecule has 41 nitrogen and oxygen atoms in total. The Bertz CT molecular complexity index is 5680. The number of benzene rings is 4. The molecule has 5 saturated heterocycles. The van der Waals surface area contributed by atoms with Crippen molar-refractivity contribution in [3.8, 4) is 5.75 Å². The maximum absolute atomic E-state index is 12.3. The van der Waals surface area contributed by atoms with Crippen molar-refractivity contribution in [2.45, 2.75) is 39.4 Å². The van der Waals surface area contributed by atoms with Gasteiger partial charge in [0.25, 0.3) is 41.4 Å². The molecule has 17 rings (SSSR count). The van der Waals surface area contributed by atoms with Crippen LogP contribution in [-0.4, -0.2) is 247 Å². The number of carbonyl (C=O) groups excluding carboxylic acids is 8. The van der Waals surface area contributed by atoms with Crippen molar-refractivity contribution in [3.63, 3.8) is 0 Å². The van der Waals surface area contributed by atoms with Crippen molar-refractivity contribution in [2.75, 3.05) is 163 Å². The number of furan rings is 7. The van der Waals surface area contributed by atoms with Crippen LogP contribution in [0.15, 0.2) is 226 Å². The molecule has 6 aliphatic rings. The summed E-state index contributed by atoms with van der Waals surface area (Å²) in [6.45, 7) is 17.0. The third kappa shape index (κ3) is 25.1. The maximum atomic E-state index is 12.3. The van der Waals surface area contributed by atoms with Crippen LogP contribution in [0.5, 0.6) is 5.75 Å². The van der Waals surface area contributed by atoms with E-state index in [1.54, 1.807) is 85.0 Å². The SMILES string of the molecule is CC1CN(C(=O)c2ccc([N+](=O)[O-])o2)CC(C)O1.COc1ccc(N2CCN(C(=O)c3ccc([N+](=O)[O-])o3)CC2)cc1.Cc1cc(Cl)ccc1NC(=O)CN1CCN(C(=O)c2ccco2)CC1.O=C(Nc1ccc(N2CCN(C(=O)c3ccco3)CC2)cc1)c1ccco1.O=C(c1ccc([N+](=O)[O-])o1)N1CCOCC1.O=C(c1ccc([N+](=O)[O-])o1)N1CCc2ccccc21. The molecule has 676 valence electrons. The number of carbonyl (C=O) groups is 8. The van der Waals surface area contributed by atoms with E-state index in [-0.39, 0.29) is 88.3 Å². The number of halogens is 1. The summed E-state index contributed by atoms with van der Waals surface area (Å²) in [5.41, 5.74) is 6.44. The minimum absolute atomic E-state index is 0.000373. The zero-order valence-electron chi connectivity index (χ0n) is 70.3. The number of hydrogen-bond acceptors (Lipinski definition) is 29. The molecule has 4 aromatic carbocycles. The molecule has 2 N–H and O–H groups in total. The lowest BCUT2D eigenvalue weighted by molar-refractivity contribution is -0.402. The third-order valence-electron chi connectivity index (χ3n) is 20.8. The van der Waals surface area contributed by atoms with Gasteiger partial charge in [0.1, 0.15) is 25.4 Å². The van der Waals surface area contributed by atoms with Gasteiger partial charge >= 0.3 is 23.5 Å². The second-order valence-electron chi connectivity index (χ2n) is 29.6. The molecular weight excluding hydrogens is 1710 g/mol. The Kier molecular flexibility index (Phi) is 31.8. The van der Waals surface area contributed by atoms with E-state index in [1.807, 2.05) is 105 Å². The standard InChI is InChI=1S/C20H19N3O4.C18H20ClN3O3.C16H17N3O5.C13H10N2O4.C11H14N2O5.C9H10N2O5/c24-19(17-3-1-13-26-17)21-15-5-7-16(8-6-15)22-9-11-23(12-10-22)20(25)18-4-2-14-27-18;1-13-11-14(19)4-5-15(13)20-17(23)12-21-6-8-22(9-7-21)18(24)16-3-2-10-25-16;1-23-13-4-2-12(3-5-13)17-8-10-18(11-9-17)16(20)14-6-7-15(24-14)19(21)22;16-13(11-5-6-12(19-11)15(17)18)14-8-7-9-3-1-2-4-10(9)14;1-7-5-12(6-8(2)17-7)11(14)9-3-4-10(18-9)13(15)16;12-9(10-3-5-15-6-4-10)7-1-2-8(16-7)11(13)14/h1-8,13-14H,9-12H2,(H,21,24);2-5,10-11H,6-9,12H2,1H3,(H,20,23);2-7H,8-11H2,1H3;1-6H,7-8H2;3-4,7-8H,5-6H2,1-2H3;1-2H,3-6H2. The van der Waals surface area contributed by atoms with Gasteiger partial charge in [-0.1, -0.05) is 29.8 Å². The fraction of sp³-hybridized carbons (Fsp3) is 0.310. The van der Waals surface area contributed by atoms with Crippen LogP contribution >= 0.6 is 11.6 Å². The van der Waals surface area contributed by atoms with E-state index in [4.69, 9.17) is 56.7 Å². The molecule has 8 amide bonds. The van der Waals surface area contributed by atoms with Crippen molar-refractivity contribution in [1.82, 2.24) is 29.4 Å². The van der Waals surface area contributed by atoms with Crippen molar-refractivity contribution in [3.05, 3.63) is 292 Å². The van der Waals surface area contributed by atoms with Gasteiger partial charge < -0.3 is 95.0 Å². The molecule has 2 unspecified atom stereocenters. The second-order valence-corrected chi connectivity index (χ2v) is 30.0. The molecule has 6 aliphatic heterocycles. The van der Waals surface area contributed by atoms with Crippen molar-refractivity contribution in [1.29, 1.82) is 0 Å².